The molecule has 0 radical (unpaired) electrons. The minimum Gasteiger partial charge on any atom is -0.478 e. The number of aromatic nitrogens is 2. The second kappa shape index (κ2) is 6.14. The third-order valence-electron chi connectivity index (χ3n) is 2.93. The van der Waals surface area contributed by atoms with Crippen molar-refractivity contribution in [2.24, 2.45) is 0 Å². The van der Waals surface area contributed by atoms with Gasteiger partial charge in [-0.3, -0.25) is 0 Å². The molecule has 20 heavy (non-hydrogen) atoms. The Morgan fingerprint density at radius 3 is 2.85 bits per heavy atom. The number of nitrogens with zero attached hydrogens (tertiary/aromatic N) is 2. The molecule has 2 aromatic rings. The first kappa shape index (κ1) is 14.0. The van der Waals surface area contributed by atoms with E-state index in [1.807, 2.05) is 0 Å². The number of hydrogen-bond donors (Lipinski definition) is 1. The van der Waals surface area contributed by atoms with Gasteiger partial charge in [-0.2, -0.15) is 0 Å². The lowest BCUT2D eigenvalue weighted by atomic mass is 10.1. The minimum atomic E-state index is -0.970. The molecule has 1 heterocycles. The number of rotatable bonds is 5. The van der Waals surface area contributed by atoms with Crippen LogP contribution < -0.4 is 4.74 Å². The highest BCUT2D eigenvalue weighted by Crippen LogP contribution is 2.26. The molecule has 2 rings (SSSR count). The summed E-state index contributed by atoms with van der Waals surface area (Å²) in [5, 5.41) is 9.09. The molecule has 0 aliphatic carbocycles. The van der Waals surface area contributed by atoms with Crippen LogP contribution in [0.4, 0.5) is 0 Å². The fraction of sp³-hybridized carbons (Fsp3) is 0.267. The zero-order chi connectivity index (χ0) is 14.5. The summed E-state index contributed by atoms with van der Waals surface area (Å²) in [4.78, 5) is 19.3. The number of benzene rings is 1. The van der Waals surface area contributed by atoms with Crippen molar-refractivity contribution in [2.45, 2.75) is 26.7 Å². The van der Waals surface area contributed by atoms with Gasteiger partial charge in [0.2, 0.25) is 5.88 Å². The Balaban J connectivity index is 2.28. The molecule has 0 spiro atoms. The summed E-state index contributed by atoms with van der Waals surface area (Å²) in [5.41, 5.74) is 1.71. The van der Waals surface area contributed by atoms with Crippen LogP contribution in [0.3, 0.4) is 0 Å². The van der Waals surface area contributed by atoms with Crippen LogP contribution in [0.15, 0.2) is 30.6 Å². The summed E-state index contributed by atoms with van der Waals surface area (Å²) in [6.45, 7) is 3.79. The number of aryl methyl sites for hydroxylation is 1. The van der Waals surface area contributed by atoms with Crippen LogP contribution in [-0.4, -0.2) is 21.0 Å². The summed E-state index contributed by atoms with van der Waals surface area (Å²) in [6, 6.07) is 6.70. The summed E-state index contributed by atoms with van der Waals surface area (Å²) in [5.74, 6) is -0.0533. The molecule has 0 unspecified atom stereocenters. The van der Waals surface area contributed by atoms with Gasteiger partial charge in [-0.15, -0.1) is 0 Å². The summed E-state index contributed by atoms with van der Waals surface area (Å²) in [7, 11) is 0. The van der Waals surface area contributed by atoms with Crippen molar-refractivity contribution >= 4 is 5.97 Å². The van der Waals surface area contributed by atoms with E-state index < -0.39 is 5.97 Å². The Morgan fingerprint density at radius 2 is 2.15 bits per heavy atom. The van der Waals surface area contributed by atoms with Crippen LogP contribution in [0, 0.1) is 6.92 Å². The van der Waals surface area contributed by atoms with Crippen LogP contribution in [0.25, 0.3) is 0 Å². The molecular weight excluding hydrogens is 256 g/mol. The quantitative estimate of drug-likeness (QED) is 0.904. The highest BCUT2D eigenvalue weighted by molar-refractivity contribution is 5.90. The number of carboxylic acid groups (broad SMARTS) is 1. The van der Waals surface area contributed by atoms with E-state index in [1.54, 1.807) is 31.2 Å². The van der Waals surface area contributed by atoms with E-state index in [-0.39, 0.29) is 5.56 Å². The predicted octanol–water partition coefficient (Wildman–Crippen LogP) is 3.23. The average Bonchev–Trinajstić information content (AvgIpc) is 2.42. The van der Waals surface area contributed by atoms with Crippen molar-refractivity contribution < 1.29 is 14.6 Å². The lowest BCUT2D eigenvalue weighted by Crippen LogP contribution is -2.01. The molecule has 0 saturated heterocycles. The zero-order valence-corrected chi connectivity index (χ0v) is 11.5. The van der Waals surface area contributed by atoms with E-state index in [0.717, 1.165) is 18.5 Å². The Morgan fingerprint density at radius 1 is 1.35 bits per heavy atom. The number of ether oxygens (including phenoxy) is 1. The van der Waals surface area contributed by atoms with Crippen LogP contribution in [0.2, 0.25) is 0 Å². The zero-order valence-electron chi connectivity index (χ0n) is 11.5. The lowest BCUT2D eigenvalue weighted by molar-refractivity contribution is 0.0695. The summed E-state index contributed by atoms with van der Waals surface area (Å²) in [6.07, 6.45) is 3.30. The van der Waals surface area contributed by atoms with Crippen molar-refractivity contribution in [3.05, 3.63) is 47.4 Å². The van der Waals surface area contributed by atoms with Gasteiger partial charge in [-0.25, -0.2) is 14.8 Å². The Labute approximate surface area is 117 Å². The largest absolute Gasteiger partial charge is 0.478 e. The molecule has 0 aliphatic rings. The van der Waals surface area contributed by atoms with Gasteiger partial charge in [-0.05, 0) is 25.5 Å². The average molecular weight is 272 g/mol. The molecule has 0 aliphatic heterocycles. The first-order chi connectivity index (χ1) is 9.61. The molecule has 1 N–H and O–H groups in total. The maximum atomic E-state index is 11.1. The van der Waals surface area contributed by atoms with E-state index >= 15 is 0 Å². The van der Waals surface area contributed by atoms with Crippen LogP contribution in [0.5, 0.6) is 11.6 Å². The molecule has 1 aromatic heterocycles. The molecular formula is C15H16N2O3. The molecule has 5 heteroatoms. The number of hydrogen-bond acceptors (Lipinski definition) is 4. The van der Waals surface area contributed by atoms with Gasteiger partial charge in [0, 0.05) is 17.3 Å². The number of carbonyl (C=O) groups is 1. The normalized spacial score (nSPS) is 10.3. The van der Waals surface area contributed by atoms with Crippen molar-refractivity contribution in [1.82, 2.24) is 9.97 Å². The lowest BCUT2D eigenvalue weighted by Gasteiger charge is -2.10. The maximum Gasteiger partial charge on any atom is 0.336 e. The molecule has 104 valence electrons. The van der Waals surface area contributed by atoms with E-state index in [2.05, 4.69) is 16.9 Å². The van der Waals surface area contributed by atoms with Gasteiger partial charge in [0.25, 0.3) is 0 Å². The molecule has 0 amide bonds. The second-order valence-corrected chi connectivity index (χ2v) is 4.43. The minimum absolute atomic E-state index is 0.227. The molecule has 5 nitrogen and oxygen atoms in total. The standard InChI is InChI=1S/C15H16N2O3/c1-3-5-11-8-14(17-9-16-11)20-13-7-4-6-12(10(13)2)15(18)19/h4,6-9H,3,5H2,1-2H3,(H,18,19). The predicted molar refractivity (Wildman–Crippen MR) is 74.2 cm³/mol. The van der Waals surface area contributed by atoms with E-state index in [9.17, 15) is 4.79 Å². The summed E-state index contributed by atoms with van der Waals surface area (Å²) < 4.78 is 5.67. The van der Waals surface area contributed by atoms with Crippen molar-refractivity contribution in [3.8, 4) is 11.6 Å². The van der Waals surface area contributed by atoms with Gasteiger partial charge in [0.1, 0.15) is 12.1 Å². The fourth-order valence-electron chi connectivity index (χ4n) is 1.90. The first-order valence-corrected chi connectivity index (χ1v) is 6.43. The van der Waals surface area contributed by atoms with Crippen LogP contribution >= 0.6 is 0 Å². The van der Waals surface area contributed by atoms with Crippen molar-refractivity contribution in [1.29, 1.82) is 0 Å². The SMILES string of the molecule is CCCc1cc(Oc2cccc(C(=O)O)c2C)ncn1. The third-order valence-corrected chi connectivity index (χ3v) is 2.93. The Kier molecular flexibility index (Phi) is 4.30. The molecule has 1 aromatic carbocycles. The highest BCUT2D eigenvalue weighted by Gasteiger charge is 2.12. The van der Waals surface area contributed by atoms with E-state index in [4.69, 9.17) is 9.84 Å². The van der Waals surface area contributed by atoms with Crippen LogP contribution in [-0.2, 0) is 6.42 Å². The highest BCUT2D eigenvalue weighted by atomic mass is 16.5. The Bertz CT molecular complexity index is 626. The number of aromatic carboxylic acids is 1. The smallest absolute Gasteiger partial charge is 0.336 e. The van der Waals surface area contributed by atoms with Gasteiger partial charge >= 0.3 is 5.97 Å². The fourth-order valence-corrected chi connectivity index (χ4v) is 1.90. The van der Waals surface area contributed by atoms with Crippen LogP contribution in [0.1, 0.15) is 35.0 Å². The van der Waals surface area contributed by atoms with Gasteiger partial charge in [0.15, 0.2) is 0 Å². The molecule has 0 saturated carbocycles. The van der Waals surface area contributed by atoms with Crippen molar-refractivity contribution in [3.63, 3.8) is 0 Å². The van der Waals surface area contributed by atoms with E-state index in [0.29, 0.717) is 17.2 Å². The molecule has 0 bridgehead atoms. The van der Waals surface area contributed by atoms with Gasteiger partial charge in [-0.1, -0.05) is 19.4 Å². The maximum absolute atomic E-state index is 11.1. The monoisotopic (exact) mass is 272 g/mol. The third kappa shape index (κ3) is 3.12. The first-order valence-electron chi connectivity index (χ1n) is 6.43. The van der Waals surface area contributed by atoms with E-state index in [1.165, 1.54) is 6.33 Å². The van der Waals surface area contributed by atoms with Crippen molar-refractivity contribution in [2.75, 3.05) is 0 Å². The molecule has 0 atom stereocenters. The second-order valence-electron chi connectivity index (χ2n) is 4.43. The summed E-state index contributed by atoms with van der Waals surface area (Å²) >= 11 is 0. The number of carboxylic acids is 1. The Hall–Kier alpha value is -2.43. The topological polar surface area (TPSA) is 72.3 Å². The van der Waals surface area contributed by atoms with Gasteiger partial charge < -0.3 is 9.84 Å². The van der Waals surface area contributed by atoms with Gasteiger partial charge in [0.05, 0.1) is 5.56 Å². The molecule has 0 fully saturated rings.